The van der Waals surface area contributed by atoms with Crippen LogP contribution in [0.1, 0.15) is 17.0 Å². The van der Waals surface area contributed by atoms with Crippen molar-refractivity contribution < 1.29 is 17.9 Å². The first-order valence-electron chi connectivity index (χ1n) is 5.59. The zero-order valence-corrected chi connectivity index (χ0v) is 11.4. The van der Waals surface area contributed by atoms with Gasteiger partial charge in [0.2, 0.25) is 10.0 Å². The molecule has 2 rings (SSSR count). The lowest BCUT2D eigenvalue weighted by atomic mass is 10.3. The molecule has 0 fully saturated rings. The monoisotopic (exact) mass is 285 g/mol. The van der Waals surface area contributed by atoms with Crippen molar-refractivity contribution in [2.45, 2.75) is 25.0 Å². The Morgan fingerprint density at radius 2 is 2.26 bits per heavy atom. The van der Waals surface area contributed by atoms with Gasteiger partial charge in [-0.05, 0) is 13.0 Å². The normalized spacial score (nSPS) is 12.2. The number of aliphatic hydroxyl groups excluding tert-OH is 1. The van der Waals surface area contributed by atoms with Crippen LogP contribution in [0.3, 0.4) is 0 Å². The van der Waals surface area contributed by atoms with Crippen LogP contribution in [-0.2, 0) is 23.2 Å². The Bertz CT molecular complexity index is 646. The largest absolute Gasteiger partial charge is 0.472 e. The van der Waals surface area contributed by atoms with Crippen molar-refractivity contribution in [2.24, 2.45) is 0 Å². The van der Waals surface area contributed by atoms with Gasteiger partial charge in [0.1, 0.15) is 10.6 Å². The van der Waals surface area contributed by atoms with Gasteiger partial charge in [0, 0.05) is 19.2 Å². The van der Waals surface area contributed by atoms with Gasteiger partial charge in [-0.3, -0.25) is 5.10 Å². The second-order valence-electron chi connectivity index (χ2n) is 4.18. The summed E-state index contributed by atoms with van der Waals surface area (Å²) in [5.41, 5.74) is 1.28. The van der Waals surface area contributed by atoms with Gasteiger partial charge in [0.05, 0.1) is 24.8 Å². The zero-order valence-electron chi connectivity index (χ0n) is 10.6. The number of H-pyrrole nitrogens is 1. The van der Waals surface area contributed by atoms with E-state index in [-0.39, 0.29) is 17.1 Å². The Morgan fingerprint density at radius 1 is 1.53 bits per heavy atom. The topological polar surface area (TPSA) is 99.4 Å². The maximum atomic E-state index is 12.4. The predicted octanol–water partition coefficient (Wildman–Crippen LogP) is 0.624. The molecule has 2 aromatic heterocycles. The van der Waals surface area contributed by atoms with Crippen LogP contribution in [0.15, 0.2) is 27.9 Å². The molecule has 0 radical (unpaired) electrons. The van der Waals surface area contributed by atoms with Crippen molar-refractivity contribution in [1.29, 1.82) is 0 Å². The molecule has 0 aliphatic rings. The first-order chi connectivity index (χ1) is 8.96. The van der Waals surface area contributed by atoms with E-state index in [9.17, 15) is 8.42 Å². The van der Waals surface area contributed by atoms with Crippen molar-refractivity contribution in [3.63, 3.8) is 0 Å². The van der Waals surface area contributed by atoms with Crippen molar-refractivity contribution in [2.75, 3.05) is 7.05 Å². The van der Waals surface area contributed by atoms with Crippen LogP contribution >= 0.6 is 0 Å². The SMILES string of the molecule is Cc1[nH]nc(CO)c1S(=O)(=O)N(C)Cc1ccoc1. The molecule has 0 saturated carbocycles. The van der Waals surface area contributed by atoms with E-state index in [1.165, 1.54) is 23.9 Å². The molecule has 0 aromatic carbocycles. The van der Waals surface area contributed by atoms with Gasteiger partial charge >= 0.3 is 0 Å². The highest BCUT2D eigenvalue weighted by Crippen LogP contribution is 2.22. The Morgan fingerprint density at radius 3 is 2.84 bits per heavy atom. The van der Waals surface area contributed by atoms with Gasteiger partial charge in [0.25, 0.3) is 0 Å². The number of rotatable bonds is 5. The number of aromatic nitrogens is 2. The van der Waals surface area contributed by atoms with Crippen LogP contribution in [0.4, 0.5) is 0 Å². The summed E-state index contributed by atoms with van der Waals surface area (Å²) in [7, 11) is -2.24. The first kappa shape index (κ1) is 13.8. The Labute approximate surface area is 110 Å². The first-order valence-corrected chi connectivity index (χ1v) is 7.03. The van der Waals surface area contributed by atoms with Gasteiger partial charge in [-0.15, -0.1) is 0 Å². The lowest BCUT2D eigenvalue weighted by Gasteiger charge is -2.16. The molecule has 0 amide bonds. The lowest BCUT2D eigenvalue weighted by molar-refractivity contribution is 0.273. The van der Waals surface area contributed by atoms with Crippen LogP contribution in [-0.4, -0.2) is 35.1 Å². The molecule has 104 valence electrons. The predicted molar refractivity (Wildman–Crippen MR) is 66.6 cm³/mol. The maximum Gasteiger partial charge on any atom is 0.246 e. The minimum absolute atomic E-state index is 0.0287. The quantitative estimate of drug-likeness (QED) is 0.839. The third kappa shape index (κ3) is 2.55. The highest BCUT2D eigenvalue weighted by Gasteiger charge is 2.28. The fourth-order valence-electron chi connectivity index (χ4n) is 1.80. The fraction of sp³-hybridized carbons (Fsp3) is 0.364. The molecule has 7 nitrogen and oxygen atoms in total. The zero-order chi connectivity index (χ0) is 14.0. The molecule has 0 saturated heterocycles. The third-order valence-corrected chi connectivity index (χ3v) is 4.77. The van der Waals surface area contributed by atoms with E-state index in [0.29, 0.717) is 5.69 Å². The minimum Gasteiger partial charge on any atom is -0.472 e. The maximum absolute atomic E-state index is 12.4. The minimum atomic E-state index is -3.71. The van der Waals surface area contributed by atoms with Gasteiger partial charge < -0.3 is 9.52 Å². The van der Waals surface area contributed by atoms with E-state index in [1.54, 1.807) is 13.0 Å². The lowest BCUT2D eigenvalue weighted by Crippen LogP contribution is -2.27. The molecule has 2 N–H and O–H groups in total. The van der Waals surface area contributed by atoms with Crippen molar-refractivity contribution in [3.8, 4) is 0 Å². The molecule has 0 unspecified atom stereocenters. The molecular formula is C11H15N3O4S. The van der Waals surface area contributed by atoms with Crippen molar-refractivity contribution >= 4 is 10.0 Å². The summed E-state index contributed by atoms with van der Waals surface area (Å²) in [4.78, 5) is 0.0287. The summed E-state index contributed by atoms with van der Waals surface area (Å²) in [6.07, 6.45) is 2.97. The summed E-state index contributed by atoms with van der Waals surface area (Å²) in [6.45, 7) is 1.36. The average Bonchev–Trinajstić information content (AvgIpc) is 2.98. The molecule has 2 heterocycles. The van der Waals surface area contributed by atoms with E-state index in [4.69, 9.17) is 9.52 Å². The van der Waals surface area contributed by atoms with Crippen molar-refractivity contribution in [3.05, 3.63) is 35.5 Å². The molecule has 2 aromatic rings. The van der Waals surface area contributed by atoms with Crippen LogP contribution in [0.5, 0.6) is 0 Å². The smallest absolute Gasteiger partial charge is 0.246 e. The van der Waals surface area contributed by atoms with Gasteiger partial charge in [0.15, 0.2) is 0 Å². The van der Waals surface area contributed by atoms with E-state index in [2.05, 4.69) is 10.2 Å². The highest BCUT2D eigenvalue weighted by atomic mass is 32.2. The molecule has 0 bridgehead atoms. The van der Waals surface area contributed by atoms with E-state index < -0.39 is 16.6 Å². The Balaban J connectivity index is 2.33. The van der Waals surface area contributed by atoms with Gasteiger partial charge in [-0.1, -0.05) is 0 Å². The molecule has 0 aliphatic heterocycles. The number of furan rings is 1. The number of aliphatic hydroxyl groups is 1. The Kier molecular flexibility index (Phi) is 3.74. The van der Waals surface area contributed by atoms with Crippen molar-refractivity contribution in [1.82, 2.24) is 14.5 Å². The third-order valence-electron chi connectivity index (χ3n) is 2.76. The van der Waals surface area contributed by atoms with E-state index in [0.717, 1.165) is 5.56 Å². The molecule has 19 heavy (non-hydrogen) atoms. The number of hydrogen-bond acceptors (Lipinski definition) is 5. The number of nitrogens with zero attached hydrogens (tertiary/aromatic N) is 2. The summed E-state index contributed by atoms with van der Waals surface area (Å²) in [6, 6.07) is 1.70. The van der Waals surface area contributed by atoms with Crippen LogP contribution in [0, 0.1) is 6.92 Å². The fourth-order valence-corrected chi connectivity index (χ4v) is 3.27. The summed E-state index contributed by atoms with van der Waals surface area (Å²) >= 11 is 0. The number of aromatic amines is 1. The van der Waals surface area contributed by atoms with Crippen LogP contribution in [0.25, 0.3) is 0 Å². The van der Waals surface area contributed by atoms with Gasteiger partial charge in [-0.25, -0.2) is 8.42 Å². The number of nitrogens with one attached hydrogen (secondary N) is 1. The summed E-state index contributed by atoms with van der Waals surface area (Å²) in [5, 5.41) is 15.5. The molecule has 8 heteroatoms. The van der Waals surface area contributed by atoms with Crippen LogP contribution in [0.2, 0.25) is 0 Å². The molecule has 0 atom stereocenters. The summed E-state index contributed by atoms with van der Waals surface area (Å²) < 4.78 is 31.0. The molecule has 0 spiro atoms. The number of sulfonamides is 1. The summed E-state index contributed by atoms with van der Waals surface area (Å²) in [5.74, 6) is 0. The second-order valence-corrected chi connectivity index (χ2v) is 6.16. The van der Waals surface area contributed by atoms with Crippen LogP contribution < -0.4 is 0 Å². The Hall–Kier alpha value is -1.64. The van der Waals surface area contributed by atoms with E-state index >= 15 is 0 Å². The van der Waals surface area contributed by atoms with Gasteiger partial charge in [-0.2, -0.15) is 9.40 Å². The number of aryl methyl sites for hydroxylation is 1. The second kappa shape index (κ2) is 5.16. The molecule has 0 aliphatic carbocycles. The van der Waals surface area contributed by atoms with E-state index in [1.807, 2.05) is 0 Å². The molecular weight excluding hydrogens is 270 g/mol. The number of hydrogen-bond donors (Lipinski definition) is 2. The highest BCUT2D eigenvalue weighted by molar-refractivity contribution is 7.89. The standard InChI is InChI=1S/C11H15N3O4S/c1-8-11(10(6-15)13-12-8)19(16,17)14(2)5-9-3-4-18-7-9/h3-4,7,15H,5-6H2,1-2H3,(H,12,13). The average molecular weight is 285 g/mol.